The van der Waals surface area contributed by atoms with E-state index in [1.807, 2.05) is 19.1 Å². The fourth-order valence-corrected chi connectivity index (χ4v) is 2.54. The number of amidine groups is 1. The summed E-state index contributed by atoms with van der Waals surface area (Å²) in [6.45, 7) is 4.07. The first-order valence-corrected chi connectivity index (χ1v) is 6.45. The van der Waals surface area contributed by atoms with Crippen LogP contribution in [0, 0.1) is 12.3 Å². The van der Waals surface area contributed by atoms with E-state index >= 15 is 0 Å². The van der Waals surface area contributed by atoms with Crippen LogP contribution in [0.25, 0.3) is 11.0 Å². The van der Waals surface area contributed by atoms with Gasteiger partial charge in [0.15, 0.2) is 5.16 Å². The van der Waals surface area contributed by atoms with E-state index < -0.39 is 0 Å². The molecule has 17 heavy (non-hydrogen) atoms. The van der Waals surface area contributed by atoms with Crippen LogP contribution in [-0.4, -0.2) is 21.1 Å². The zero-order valence-electron chi connectivity index (χ0n) is 9.95. The van der Waals surface area contributed by atoms with Gasteiger partial charge in [0.05, 0.1) is 16.3 Å². The average molecular weight is 248 g/mol. The molecule has 0 bridgehead atoms. The second-order valence-electron chi connectivity index (χ2n) is 4.03. The van der Waals surface area contributed by atoms with Gasteiger partial charge in [0.25, 0.3) is 0 Å². The van der Waals surface area contributed by atoms with Gasteiger partial charge >= 0.3 is 0 Å². The minimum absolute atomic E-state index is 0.00309. The number of nitrogens with two attached hydrogens (primary N) is 1. The van der Waals surface area contributed by atoms with Crippen LogP contribution in [0.4, 0.5) is 0 Å². The maximum absolute atomic E-state index is 7.48. The third-order valence-electron chi connectivity index (χ3n) is 2.59. The number of aromatic amines is 1. The first-order valence-electron chi connectivity index (χ1n) is 5.57. The molecule has 2 aromatic rings. The molecule has 0 radical (unpaired) electrons. The van der Waals surface area contributed by atoms with Gasteiger partial charge in [0.1, 0.15) is 5.84 Å². The number of nitrogens with zero attached hydrogens (tertiary/aromatic N) is 1. The normalized spacial score (nSPS) is 12.8. The molecule has 1 aromatic carbocycles. The Balaban J connectivity index is 2.27. The molecule has 1 atom stereocenters. The molecule has 0 spiro atoms. The van der Waals surface area contributed by atoms with Gasteiger partial charge in [-0.25, -0.2) is 4.98 Å². The van der Waals surface area contributed by atoms with Crippen molar-refractivity contribution in [2.45, 2.75) is 30.7 Å². The summed E-state index contributed by atoms with van der Waals surface area (Å²) in [5.41, 5.74) is 8.73. The number of imidazole rings is 1. The predicted octanol–water partition coefficient (Wildman–Crippen LogP) is 2.68. The molecule has 1 unspecified atom stereocenters. The summed E-state index contributed by atoms with van der Waals surface area (Å²) in [6, 6.07) is 6.11. The number of nitrogens with one attached hydrogen (secondary N) is 2. The number of hydrogen-bond acceptors (Lipinski definition) is 3. The smallest absolute Gasteiger partial charge is 0.167 e. The monoisotopic (exact) mass is 248 g/mol. The lowest BCUT2D eigenvalue weighted by atomic mass is 10.2. The molecule has 0 fully saturated rings. The maximum Gasteiger partial charge on any atom is 0.167 e. The number of benzene rings is 1. The zero-order chi connectivity index (χ0) is 12.4. The van der Waals surface area contributed by atoms with Crippen LogP contribution >= 0.6 is 11.8 Å². The number of rotatable bonds is 4. The van der Waals surface area contributed by atoms with Crippen molar-refractivity contribution in [3.05, 3.63) is 23.8 Å². The molecule has 1 heterocycles. The number of fused-ring (bicyclic) bond motifs is 1. The second kappa shape index (κ2) is 4.79. The third-order valence-corrected chi connectivity index (χ3v) is 3.88. The summed E-state index contributed by atoms with van der Waals surface area (Å²) in [5.74, 6) is 0.203. The van der Waals surface area contributed by atoms with Gasteiger partial charge in [-0.3, -0.25) is 5.41 Å². The van der Waals surface area contributed by atoms with Crippen molar-refractivity contribution in [2.75, 3.05) is 0 Å². The minimum atomic E-state index is -0.00309. The first kappa shape index (κ1) is 12.0. The van der Waals surface area contributed by atoms with Gasteiger partial charge in [-0.15, -0.1) is 0 Å². The van der Waals surface area contributed by atoms with Crippen LogP contribution in [0.2, 0.25) is 0 Å². The summed E-state index contributed by atoms with van der Waals surface area (Å²) in [5, 5.41) is 8.31. The number of thioether (sulfide) groups is 1. The van der Waals surface area contributed by atoms with E-state index in [-0.39, 0.29) is 11.1 Å². The van der Waals surface area contributed by atoms with E-state index in [9.17, 15) is 0 Å². The number of aromatic nitrogens is 2. The number of aryl methyl sites for hydroxylation is 1. The largest absolute Gasteiger partial charge is 0.387 e. The van der Waals surface area contributed by atoms with E-state index in [1.165, 1.54) is 17.3 Å². The Morgan fingerprint density at radius 2 is 2.35 bits per heavy atom. The highest BCUT2D eigenvalue weighted by molar-refractivity contribution is 8.00. The summed E-state index contributed by atoms with van der Waals surface area (Å²) in [7, 11) is 0. The van der Waals surface area contributed by atoms with E-state index in [0.717, 1.165) is 22.6 Å². The number of H-pyrrole nitrogens is 1. The van der Waals surface area contributed by atoms with Crippen LogP contribution in [0.1, 0.15) is 18.9 Å². The van der Waals surface area contributed by atoms with Crippen LogP contribution in [0.5, 0.6) is 0 Å². The lowest BCUT2D eigenvalue weighted by Crippen LogP contribution is -2.24. The molecule has 0 saturated heterocycles. The maximum atomic E-state index is 7.48. The summed E-state index contributed by atoms with van der Waals surface area (Å²) in [4.78, 5) is 7.73. The lowest BCUT2D eigenvalue weighted by molar-refractivity contribution is 0.975. The van der Waals surface area contributed by atoms with Crippen molar-refractivity contribution in [3.8, 4) is 0 Å². The van der Waals surface area contributed by atoms with Crippen molar-refractivity contribution < 1.29 is 0 Å². The highest BCUT2D eigenvalue weighted by atomic mass is 32.2. The van der Waals surface area contributed by atoms with Gasteiger partial charge in [0, 0.05) is 0 Å². The third kappa shape index (κ3) is 2.61. The molecule has 90 valence electrons. The van der Waals surface area contributed by atoms with E-state index in [2.05, 4.69) is 23.0 Å². The van der Waals surface area contributed by atoms with Gasteiger partial charge < -0.3 is 10.7 Å². The SMILES string of the molecule is CCC(Sc1nc2ccc(C)cc2[nH]1)C(=N)N. The van der Waals surface area contributed by atoms with E-state index in [0.29, 0.717) is 0 Å². The Morgan fingerprint density at radius 3 is 3.00 bits per heavy atom. The number of hydrogen-bond donors (Lipinski definition) is 3. The predicted molar refractivity (Wildman–Crippen MR) is 72.7 cm³/mol. The molecule has 0 aliphatic heterocycles. The Morgan fingerprint density at radius 1 is 1.59 bits per heavy atom. The summed E-state index contributed by atoms with van der Waals surface area (Å²) >= 11 is 1.51. The molecule has 0 aliphatic carbocycles. The molecule has 4 nitrogen and oxygen atoms in total. The topological polar surface area (TPSA) is 78.5 Å². The van der Waals surface area contributed by atoms with Crippen molar-refractivity contribution >= 4 is 28.6 Å². The van der Waals surface area contributed by atoms with Crippen molar-refractivity contribution in [2.24, 2.45) is 5.73 Å². The van der Waals surface area contributed by atoms with Gasteiger partial charge in [-0.05, 0) is 31.0 Å². The van der Waals surface area contributed by atoms with Crippen LogP contribution in [-0.2, 0) is 0 Å². The molecule has 4 N–H and O–H groups in total. The van der Waals surface area contributed by atoms with Crippen LogP contribution in [0.15, 0.2) is 23.4 Å². The van der Waals surface area contributed by atoms with E-state index in [1.54, 1.807) is 0 Å². The van der Waals surface area contributed by atoms with Crippen LogP contribution in [0.3, 0.4) is 0 Å². The quantitative estimate of drug-likeness (QED) is 0.442. The Labute approximate surface area is 105 Å². The van der Waals surface area contributed by atoms with E-state index in [4.69, 9.17) is 11.1 Å². The van der Waals surface area contributed by atoms with Gasteiger partial charge in [-0.1, -0.05) is 24.8 Å². The molecule has 5 heteroatoms. The molecule has 0 saturated carbocycles. The average Bonchev–Trinajstić information content (AvgIpc) is 2.66. The summed E-state index contributed by atoms with van der Waals surface area (Å²) in [6.07, 6.45) is 0.829. The fourth-order valence-electron chi connectivity index (χ4n) is 1.66. The fraction of sp³-hybridized carbons (Fsp3) is 0.333. The molecular weight excluding hydrogens is 232 g/mol. The Kier molecular flexibility index (Phi) is 3.38. The highest BCUT2D eigenvalue weighted by Crippen LogP contribution is 2.25. The van der Waals surface area contributed by atoms with Crippen molar-refractivity contribution in [1.82, 2.24) is 9.97 Å². The van der Waals surface area contributed by atoms with Gasteiger partial charge in [-0.2, -0.15) is 0 Å². The summed E-state index contributed by atoms with van der Waals surface area (Å²) < 4.78 is 0. The first-order chi connectivity index (χ1) is 8.10. The van der Waals surface area contributed by atoms with Crippen molar-refractivity contribution in [1.29, 1.82) is 5.41 Å². The standard InChI is InChI=1S/C12H16N4S/c1-3-10(11(13)14)17-12-15-8-5-4-7(2)6-9(8)16-12/h4-6,10H,3H2,1-2H3,(H3,13,14)(H,15,16). The Hall–Kier alpha value is -1.49. The van der Waals surface area contributed by atoms with Gasteiger partial charge in [0.2, 0.25) is 0 Å². The highest BCUT2D eigenvalue weighted by Gasteiger charge is 2.14. The molecule has 0 aliphatic rings. The molecule has 0 amide bonds. The minimum Gasteiger partial charge on any atom is -0.387 e. The lowest BCUT2D eigenvalue weighted by Gasteiger charge is -2.09. The molecular formula is C12H16N4S. The zero-order valence-corrected chi connectivity index (χ0v) is 10.8. The van der Waals surface area contributed by atoms with Crippen molar-refractivity contribution in [3.63, 3.8) is 0 Å². The molecule has 2 rings (SSSR count). The van der Waals surface area contributed by atoms with Crippen LogP contribution < -0.4 is 5.73 Å². The molecule has 1 aromatic heterocycles. The Bertz CT molecular complexity index is 546. The second-order valence-corrected chi connectivity index (χ2v) is 5.22.